The van der Waals surface area contributed by atoms with Crippen LogP contribution in [0.25, 0.3) is 10.9 Å². The lowest BCUT2D eigenvalue weighted by Gasteiger charge is -2.18. The van der Waals surface area contributed by atoms with Crippen LogP contribution in [0.4, 0.5) is 0 Å². The summed E-state index contributed by atoms with van der Waals surface area (Å²) in [5, 5.41) is 1.09. The second-order valence-corrected chi connectivity index (χ2v) is 6.91. The molecule has 5 nitrogen and oxygen atoms in total. The Labute approximate surface area is 173 Å². The van der Waals surface area contributed by atoms with Gasteiger partial charge in [-0.25, -0.2) is 4.79 Å². The van der Waals surface area contributed by atoms with E-state index in [2.05, 4.69) is 42.0 Å². The van der Waals surface area contributed by atoms with E-state index in [1.165, 1.54) is 18.9 Å². The first kappa shape index (κ1) is 22.3. The first-order chi connectivity index (χ1) is 14.1. The van der Waals surface area contributed by atoms with Crippen molar-refractivity contribution in [3.8, 4) is 0 Å². The number of nitrogens with zero attached hydrogens (tertiary/aromatic N) is 2. The minimum Gasteiger partial charge on any atom is -0.465 e. The Balaban J connectivity index is 2.84. The van der Waals surface area contributed by atoms with Crippen LogP contribution in [0, 0.1) is 0 Å². The number of fused-ring (bicyclic) bond motifs is 1. The van der Waals surface area contributed by atoms with Gasteiger partial charge in [0, 0.05) is 24.2 Å². The zero-order chi connectivity index (χ0) is 21.4. The lowest BCUT2D eigenvalue weighted by molar-refractivity contribution is 0.0601. The summed E-state index contributed by atoms with van der Waals surface area (Å²) in [6.45, 7) is 12.1. The van der Waals surface area contributed by atoms with E-state index in [1.807, 2.05) is 18.2 Å². The summed E-state index contributed by atoms with van der Waals surface area (Å²) in [5.41, 5.74) is 4.92. The number of methoxy groups -OCH3 is 1. The summed E-state index contributed by atoms with van der Waals surface area (Å²) in [5.74, 6) is 0.0146. The van der Waals surface area contributed by atoms with Gasteiger partial charge in [-0.2, -0.15) is 0 Å². The highest BCUT2D eigenvalue weighted by Crippen LogP contribution is 2.36. The Morgan fingerprint density at radius 2 is 1.93 bits per heavy atom. The molecule has 1 aromatic carbocycles. The van der Waals surface area contributed by atoms with Crippen LogP contribution in [0.3, 0.4) is 0 Å². The summed E-state index contributed by atoms with van der Waals surface area (Å²) >= 11 is 0. The number of ether oxygens (including phenoxy) is 1. The SMILES string of the molecule is C=CN=C(C(C=C)=NC)c1[nH]c2cc(C(=O)OC)ccc2c1C(CCC)CCC. The van der Waals surface area contributed by atoms with E-state index >= 15 is 0 Å². The van der Waals surface area contributed by atoms with Gasteiger partial charge in [0.15, 0.2) is 0 Å². The maximum atomic E-state index is 12.0. The van der Waals surface area contributed by atoms with E-state index in [0.717, 1.165) is 42.3 Å². The van der Waals surface area contributed by atoms with Crippen molar-refractivity contribution in [2.24, 2.45) is 9.98 Å². The minimum atomic E-state index is -0.356. The van der Waals surface area contributed by atoms with Gasteiger partial charge in [0.25, 0.3) is 0 Å². The number of hydrogen-bond acceptors (Lipinski definition) is 4. The number of nitrogens with one attached hydrogen (secondary N) is 1. The monoisotopic (exact) mass is 393 g/mol. The Hall–Kier alpha value is -2.95. The summed E-state index contributed by atoms with van der Waals surface area (Å²) in [7, 11) is 3.11. The number of rotatable bonds is 10. The summed E-state index contributed by atoms with van der Waals surface area (Å²) in [6, 6.07) is 5.65. The molecule has 2 aromatic rings. The normalized spacial score (nSPS) is 12.4. The molecule has 29 heavy (non-hydrogen) atoms. The van der Waals surface area contributed by atoms with Crippen LogP contribution < -0.4 is 0 Å². The molecule has 0 saturated heterocycles. The average Bonchev–Trinajstić information content (AvgIpc) is 3.11. The van der Waals surface area contributed by atoms with E-state index in [0.29, 0.717) is 22.9 Å². The highest BCUT2D eigenvalue weighted by atomic mass is 16.5. The van der Waals surface area contributed by atoms with E-state index in [1.54, 1.807) is 13.1 Å². The largest absolute Gasteiger partial charge is 0.465 e. The lowest BCUT2D eigenvalue weighted by Crippen LogP contribution is -2.17. The van der Waals surface area contributed by atoms with Crippen LogP contribution in [0.2, 0.25) is 0 Å². The second-order valence-electron chi connectivity index (χ2n) is 6.91. The topological polar surface area (TPSA) is 66.8 Å². The molecule has 0 bridgehead atoms. The Morgan fingerprint density at radius 3 is 2.45 bits per heavy atom. The van der Waals surface area contributed by atoms with Crippen LogP contribution in [-0.4, -0.2) is 36.5 Å². The number of hydrogen-bond donors (Lipinski definition) is 1. The van der Waals surface area contributed by atoms with Gasteiger partial charge >= 0.3 is 5.97 Å². The number of aromatic nitrogens is 1. The number of benzene rings is 1. The molecule has 0 radical (unpaired) electrons. The zero-order valence-electron chi connectivity index (χ0n) is 17.9. The third kappa shape index (κ3) is 4.73. The molecule has 0 aliphatic rings. The van der Waals surface area contributed by atoms with Gasteiger partial charge in [0.05, 0.1) is 24.1 Å². The fraction of sp³-hybridized carbons (Fsp3) is 0.375. The molecule has 0 spiro atoms. The highest BCUT2D eigenvalue weighted by molar-refractivity contribution is 6.52. The van der Waals surface area contributed by atoms with Gasteiger partial charge < -0.3 is 9.72 Å². The third-order valence-corrected chi connectivity index (χ3v) is 5.08. The quantitative estimate of drug-likeness (QED) is 0.408. The molecule has 0 fully saturated rings. The Bertz CT molecular complexity index is 944. The predicted octanol–water partition coefficient (Wildman–Crippen LogP) is 5.83. The molecule has 0 saturated carbocycles. The second kappa shape index (κ2) is 10.6. The molecule has 0 aliphatic carbocycles. The number of H-pyrrole nitrogens is 1. The first-order valence-corrected chi connectivity index (χ1v) is 10.1. The Kier molecular flexibility index (Phi) is 8.13. The molecule has 1 aromatic heterocycles. The van der Waals surface area contributed by atoms with Gasteiger partial charge in [0.1, 0.15) is 5.71 Å². The lowest BCUT2D eigenvalue weighted by atomic mass is 9.86. The van der Waals surface area contributed by atoms with Crippen LogP contribution in [0.5, 0.6) is 0 Å². The molecular weight excluding hydrogens is 362 g/mol. The number of allylic oxidation sites excluding steroid dienone is 1. The van der Waals surface area contributed by atoms with Crippen LogP contribution in [-0.2, 0) is 4.74 Å². The summed E-state index contributed by atoms with van der Waals surface area (Å²) in [6.07, 6.45) is 7.53. The molecule has 2 rings (SSSR count). The predicted molar refractivity (Wildman–Crippen MR) is 122 cm³/mol. The molecule has 0 amide bonds. The number of carbonyl (C=O) groups is 1. The van der Waals surface area contributed by atoms with Gasteiger partial charge in [-0.3, -0.25) is 9.98 Å². The minimum absolute atomic E-state index is 0.356. The van der Waals surface area contributed by atoms with Crippen molar-refractivity contribution in [1.82, 2.24) is 4.98 Å². The van der Waals surface area contributed by atoms with Crippen molar-refractivity contribution in [1.29, 1.82) is 0 Å². The maximum Gasteiger partial charge on any atom is 0.337 e. The van der Waals surface area contributed by atoms with Gasteiger partial charge in [-0.05, 0) is 42.5 Å². The molecule has 0 atom stereocenters. The molecule has 154 valence electrons. The fourth-order valence-corrected chi connectivity index (χ4v) is 3.85. The van der Waals surface area contributed by atoms with E-state index < -0.39 is 0 Å². The average molecular weight is 394 g/mol. The Morgan fingerprint density at radius 1 is 1.24 bits per heavy atom. The van der Waals surface area contributed by atoms with Crippen LogP contribution in [0.15, 0.2) is 53.6 Å². The number of aromatic amines is 1. The number of aliphatic imine (C=N–C) groups is 2. The highest BCUT2D eigenvalue weighted by Gasteiger charge is 2.24. The molecular formula is C24H31N3O2. The van der Waals surface area contributed by atoms with Crippen molar-refractivity contribution in [3.63, 3.8) is 0 Å². The van der Waals surface area contributed by atoms with Gasteiger partial charge in [-0.15, -0.1) is 0 Å². The molecule has 0 aliphatic heterocycles. The third-order valence-electron chi connectivity index (χ3n) is 5.08. The summed E-state index contributed by atoms with van der Waals surface area (Å²) in [4.78, 5) is 24.4. The van der Waals surface area contributed by atoms with Crippen molar-refractivity contribution in [2.45, 2.75) is 45.4 Å². The van der Waals surface area contributed by atoms with Gasteiger partial charge in [-0.1, -0.05) is 45.9 Å². The smallest absolute Gasteiger partial charge is 0.337 e. The van der Waals surface area contributed by atoms with Crippen LogP contribution >= 0.6 is 0 Å². The van der Waals surface area contributed by atoms with E-state index in [-0.39, 0.29) is 5.97 Å². The standard InChI is InChI=1S/C24H31N3O2/c1-7-11-16(12-8-2)21-18-14-13-17(24(28)29-6)15-20(18)27-23(21)22(26-10-4)19(9-3)25-5/h9-10,13-16,27H,3-4,7-8,11-12H2,1-2,5-6H3. The summed E-state index contributed by atoms with van der Waals surface area (Å²) < 4.78 is 4.88. The van der Waals surface area contributed by atoms with Crippen LogP contribution in [0.1, 0.15) is 67.1 Å². The first-order valence-electron chi connectivity index (χ1n) is 10.1. The van der Waals surface area contributed by atoms with Crippen molar-refractivity contribution in [2.75, 3.05) is 14.2 Å². The molecule has 1 heterocycles. The van der Waals surface area contributed by atoms with E-state index in [9.17, 15) is 4.79 Å². The van der Waals surface area contributed by atoms with E-state index in [4.69, 9.17) is 4.74 Å². The molecule has 0 unspecified atom stereocenters. The van der Waals surface area contributed by atoms with Gasteiger partial charge in [0.2, 0.25) is 0 Å². The van der Waals surface area contributed by atoms with Crippen molar-refractivity contribution < 1.29 is 9.53 Å². The number of carbonyl (C=O) groups excluding carboxylic acids is 1. The molecule has 5 heteroatoms. The fourth-order valence-electron chi connectivity index (χ4n) is 3.85. The van der Waals surface area contributed by atoms with Crippen molar-refractivity contribution in [3.05, 3.63) is 60.5 Å². The number of esters is 1. The zero-order valence-corrected chi connectivity index (χ0v) is 17.9. The van der Waals surface area contributed by atoms with Crippen molar-refractivity contribution >= 4 is 28.3 Å². The maximum absolute atomic E-state index is 12.0. The molecule has 1 N–H and O–H groups in total.